The highest BCUT2D eigenvalue weighted by Gasteiger charge is 2.25. The average molecular weight is 277 g/mol. The molecule has 1 aliphatic rings. The number of rotatable bonds is 3. The van der Waals surface area contributed by atoms with Crippen LogP contribution in [0.2, 0.25) is 0 Å². The van der Waals surface area contributed by atoms with Crippen LogP contribution in [0.1, 0.15) is 29.7 Å². The van der Waals surface area contributed by atoms with Crippen LogP contribution in [0.4, 0.5) is 5.82 Å². The van der Waals surface area contributed by atoms with Crippen molar-refractivity contribution in [3.8, 4) is 6.07 Å². The van der Waals surface area contributed by atoms with Crippen molar-refractivity contribution in [2.75, 3.05) is 11.4 Å². The monoisotopic (exact) mass is 277 g/mol. The van der Waals surface area contributed by atoms with Gasteiger partial charge >= 0.3 is 0 Å². The lowest BCUT2D eigenvalue weighted by atomic mass is 10.0. The van der Waals surface area contributed by atoms with Gasteiger partial charge in [-0.3, -0.25) is 0 Å². The molecule has 2 heterocycles. The van der Waals surface area contributed by atoms with Gasteiger partial charge < -0.3 is 4.90 Å². The Labute approximate surface area is 125 Å². The molecule has 1 aromatic carbocycles. The molecule has 1 fully saturated rings. The molecular weight excluding hydrogens is 258 g/mol. The third-order valence-corrected chi connectivity index (χ3v) is 4.11. The maximum atomic E-state index is 9.00. The summed E-state index contributed by atoms with van der Waals surface area (Å²) in [5, 5.41) is 9.00. The molecule has 106 valence electrons. The van der Waals surface area contributed by atoms with E-state index < -0.39 is 0 Å². The van der Waals surface area contributed by atoms with E-state index in [1.54, 1.807) is 6.07 Å². The van der Waals surface area contributed by atoms with Crippen LogP contribution < -0.4 is 4.90 Å². The lowest BCUT2D eigenvalue weighted by Gasteiger charge is -2.26. The van der Waals surface area contributed by atoms with E-state index in [1.807, 2.05) is 12.1 Å². The maximum absolute atomic E-state index is 9.00. The molecule has 0 radical (unpaired) electrons. The van der Waals surface area contributed by atoms with Crippen LogP contribution in [0.3, 0.4) is 0 Å². The SMILES string of the molecule is Cc1ccc(CC2CCCN2c2cccc(C#N)n2)cc1. The van der Waals surface area contributed by atoms with E-state index in [0.29, 0.717) is 11.7 Å². The molecule has 1 aliphatic heterocycles. The molecule has 2 aromatic rings. The van der Waals surface area contributed by atoms with Gasteiger partial charge in [-0.1, -0.05) is 35.9 Å². The second-order valence-electron chi connectivity index (χ2n) is 5.67. The molecule has 0 spiro atoms. The smallest absolute Gasteiger partial charge is 0.142 e. The average Bonchev–Trinajstić information content (AvgIpc) is 2.98. The molecule has 0 saturated carbocycles. The van der Waals surface area contributed by atoms with E-state index in [4.69, 9.17) is 5.26 Å². The van der Waals surface area contributed by atoms with E-state index in [2.05, 4.69) is 47.1 Å². The molecular formula is C18H19N3. The van der Waals surface area contributed by atoms with Crippen molar-refractivity contribution in [2.45, 2.75) is 32.2 Å². The molecule has 0 bridgehead atoms. The Morgan fingerprint density at radius 3 is 2.81 bits per heavy atom. The van der Waals surface area contributed by atoms with Gasteiger partial charge in [-0.2, -0.15) is 5.26 Å². The van der Waals surface area contributed by atoms with Crippen LogP contribution in [0.5, 0.6) is 0 Å². The van der Waals surface area contributed by atoms with Crippen molar-refractivity contribution < 1.29 is 0 Å². The van der Waals surface area contributed by atoms with Crippen LogP contribution in [0.25, 0.3) is 0 Å². The summed E-state index contributed by atoms with van der Waals surface area (Å²) >= 11 is 0. The van der Waals surface area contributed by atoms with Gasteiger partial charge in [-0.05, 0) is 43.9 Å². The Hall–Kier alpha value is -2.34. The predicted octanol–water partition coefficient (Wildman–Crippen LogP) is 3.47. The first-order valence-corrected chi connectivity index (χ1v) is 7.45. The molecule has 0 N–H and O–H groups in total. The minimum Gasteiger partial charge on any atom is -0.353 e. The van der Waals surface area contributed by atoms with Gasteiger partial charge in [0.25, 0.3) is 0 Å². The molecule has 3 nitrogen and oxygen atoms in total. The molecule has 1 atom stereocenters. The number of benzene rings is 1. The van der Waals surface area contributed by atoms with Crippen molar-refractivity contribution in [1.82, 2.24) is 4.98 Å². The molecule has 0 aliphatic carbocycles. The van der Waals surface area contributed by atoms with Crippen LogP contribution in [0, 0.1) is 18.3 Å². The third-order valence-electron chi connectivity index (χ3n) is 4.11. The van der Waals surface area contributed by atoms with Gasteiger partial charge in [-0.15, -0.1) is 0 Å². The zero-order chi connectivity index (χ0) is 14.7. The lowest BCUT2D eigenvalue weighted by molar-refractivity contribution is 0.658. The Kier molecular flexibility index (Phi) is 3.87. The summed E-state index contributed by atoms with van der Waals surface area (Å²) in [6, 6.07) is 17.1. The van der Waals surface area contributed by atoms with Crippen molar-refractivity contribution in [3.05, 3.63) is 59.3 Å². The summed E-state index contributed by atoms with van der Waals surface area (Å²) in [7, 11) is 0. The molecule has 1 unspecified atom stereocenters. The Morgan fingerprint density at radius 2 is 2.05 bits per heavy atom. The first-order chi connectivity index (χ1) is 10.3. The van der Waals surface area contributed by atoms with Crippen molar-refractivity contribution in [3.63, 3.8) is 0 Å². The number of nitrogens with zero attached hydrogens (tertiary/aromatic N) is 3. The van der Waals surface area contributed by atoms with Gasteiger partial charge in [-0.25, -0.2) is 4.98 Å². The van der Waals surface area contributed by atoms with Gasteiger partial charge in [0.05, 0.1) is 0 Å². The molecule has 0 amide bonds. The highest BCUT2D eigenvalue weighted by atomic mass is 15.2. The van der Waals surface area contributed by atoms with Crippen LogP contribution in [-0.2, 0) is 6.42 Å². The van der Waals surface area contributed by atoms with Crippen molar-refractivity contribution >= 4 is 5.82 Å². The van der Waals surface area contributed by atoms with Gasteiger partial charge in [0.1, 0.15) is 17.6 Å². The molecule has 21 heavy (non-hydrogen) atoms. The van der Waals surface area contributed by atoms with E-state index in [-0.39, 0.29) is 0 Å². The third kappa shape index (κ3) is 3.05. The summed E-state index contributed by atoms with van der Waals surface area (Å²) < 4.78 is 0. The molecule has 3 rings (SSSR count). The highest BCUT2D eigenvalue weighted by molar-refractivity contribution is 5.44. The second kappa shape index (κ2) is 5.97. The number of nitriles is 1. The summed E-state index contributed by atoms with van der Waals surface area (Å²) in [5.41, 5.74) is 3.16. The molecule has 1 saturated heterocycles. The van der Waals surface area contributed by atoms with E-state index in [1.165, 1.54) is 24.0 Å². The molecule has 1 aromatic heterocycles. The fourth-order valence-electron chi connectivity index (χ4n) is 2.99. The predicted molar refractivity (Wildman–Crippen MR) is 84.2 cm³/mol. The maximum Gasteiger partial charge on any atom is 0.142 e. The summed E-state index contributed by atoms with van der Waals surface area (Å²) in [6.07, 6.45) is 3.42. The number of hydrogen-bond acceptors (Lipinski definition) is 3. The fourth-order valence-corrected chi connectivity index (χ4v) is 2.99. The first kappa shape index (κ1) is 13.6. The first-order valence-electron chi connectivity index (χ1n) is 7.45. The van der Waals surface area contributed by atoms with Crippen LogP contribution in [0.15, 0.2) is 42.5 Å². The second-order valence-corrected chi connectivity index (χ2v) is 5.67. The van der Waals surface area contributed by atoms with Crippen LogP contribution in [-0.4, -0.2) is 17.6 Å². The van der Waals surface area contributed by atoms with Gasteiger partial charge in [0.2, 0.25) is 0 Å². The van der Waals surface area contributed by atoms with Gasteiger partial charge in [0, 0.05) is 12.6 Å². The zero-order valence-corrected chi connectivity index (χ0v) is 12.3. The minimum absolute atomic E-state index is 0.481. The largest absolute Gasteiger partial charge is 0.353 e. The number of aryl methyl sites for hydroxylation is 1. The van der Waals surface area contributed by atoms with E-state index >= 15 is 0 Å². The summed E-state index contributed by atoms with van der Waals surface area (Å²) in [4.78, 5) is 6.79. The van der Waals surface area contributed by atoms with Crippen LogP contribution >= 0.6 is 0 Å². The quantitative estimate of drug-likeness (QED) is 0.862. The van der Waals surface area contributed by atoms with Crippen molar-refractivity contribution in [2.24, 2.45) is 0 Å². The van der Waals surface area contributed by atoms with E-state index in [0.717, 1.165) is 18.8 Å². The minimum atomic E-state index is 0.481. The fraction of sp³-hybridized carbons (Fsp3) is 0.333. The lowest BCUT2D eigenvalue weighted by Crippen LogP contribution is -2.31. The number of pyridine rings is 1. The van der Waals surface area contributed by atoms with Crippen molar-refractivity contribution in [1.29, 1.82) is 5.26 Å². The standard InChI is InChI=1S/C18H19N3/c1-14-7-9-15(10-8-14)12-17-5-3-11-21(17)18-6-2-4-16(13-19)20-18/h2,4,6-10,17H,3,5,11-12H2,1H3. The Balaban J connectivity index is 1.79. The topological polar surface area (TPSA) is 39.9 Å². The number of aromatic nitrogens is 1. The Bertz CT molecular complexity index is 655. The highest BCUT2D eigenvalue weighted by Crippen LogP contribution is 2.26. The van der Waals surface area contributed by atoms with E-state index in [9.17, 15) is 0 Å². The molecule has 3 heteroatoms. The normalized spacial score (nSPS) is 17.7. The summed E-state index contributed by atoms with van der Waals surface area (Å²) in [5.74, 6) is 0.934. The number of anilines is 1. The van der Waals surface area contributed by atoms with Gasteiger partial charge in [0.15, 0.2) is 0 Å². The summed E-state index contributed by atoms with van der Waals surface area (Å²) in [6.45, 7) is 3.14. The Morgan fingerprint density at radius 1 is 1.24 bits per heavy atom. The zero-order valence-electron chi connectivity index (χ0n) is 12.3. The number of hydrogen-bond donors (Lipinski definition) is 0.